The van der Waals surface area contributed by atoms with Crippen molar-refractivity contribution in [2.75, 3.05) is 0 Å². The van der Waals surface area contributed by atoms with Crippen LogP contribution in [0.1, 0.15) is 13.3 Å². The summed E-state index contributed by atoms with van der Waals surface area (Å²) in [6.07, 6.45) is -19.6. The highest BCUT2D eigenvalue weighted by Crippen LogP contribution is 2.47. The maximum absolute atomic E-state index is 12.7. The normalized spacial score (nSPS) is 14.9. The third kappa shape index (κ3) is 4.15. The van der Waals surface area contributed by atoms with Gasteiger partial charge in [0.25, 0.3) is 0 Å². The van der Waals surface area contributed by atoms with Gasteiger partial charge in [0.1, 0.15) is 0 Å². The molecule has 0 rings (SSSR count). The zero-order chi connectivity index (χ0) is 16.4. The van der Waals surface area contributed by atoms with Crippen LogP contribution in [0.25, 0.3) is 0 Å². The molecule has 1 atom stereocenters. The van der Waals surface area contributed by atoms with E-state index in [2.05, 4.69) is 9.47 Å². The van der Waals surface area contributed by atoms with Crippen LogP contribution in [0.2, 0.25) is 0 Å². The third-order valence-corrected chi connectivity index (χ3v) is 1.72. The van der Waals surface area contributed by atoms with Crippen LogP contribution in [0, 0.1) is 0 Å². The van der Waals surface area contributed by atoms with Gasteiger partial charge in [-0.15, -0.1) is 0 Å². The molecule has 120 valence electrons. The second-order valence-electron chi connectivity index (χ2n) is 3.20. The second-order valence-corrected chi connectivity index (χ2v) is 3.20. The molecule has 0 aromatic rings. The Morgan fingerprint density at radius 3 is 1.70 bits per heavy atom. The van der Waals surface area contributed by atoms with Gasteiger partial charge in [0.05, 0.1) is 0 Å². The lowest BCUT2D eigenvalue weighted by molar-refractivity contribution is -0.445. The number of rotatable bonds is 6. The first kappa shape index (κ1) is 18.8. The molecule has 0 saturated heterocycles. The minimum atomic E-state index is -6.67. The van der Waals surface area contributed by atoms with Crippen LogP contribution in [0.4, 0.5) is 43.9 Å². The van der Waals surface area contributed by atoms with Crippen LogP contribution < -0.4 is 0 Å². The zero-order valence-electron chi connectivity index (χ0n) is 9.38. The van der Waals surface area contributed by atoms with Crippen molar-refractivity contribution < 1.29 is 53.4 Å². The van der Waals surface area contributed by atoms with Gasteiger partial charge in [-0.2, -0.15) is 43.9 Å². The predicted octanol–water partition coefficient (Wildman–Crippen LogP) is 4.58. The topological polar surface area (TPSA) is 18.5 Å². The first-order valence-electron chi connectivity index (χ1n) is 4.63. The van der Waals surface area contributed by atoms with Crippen LogP contribution in [0.15, 0.2) is 12.1 Å². The van der Waals surface area contributed by atoms with Crippen LogP contribution in [0.5, 0.6) is 0 Å². The minimum absolute atomic E-state index is 0.829. The van der Waals surface area contributed by atoms with Crippen molar-refractivity contribution in [3.8, 4) is 0 Å². The van der Waals surface area contributed by atoms with Crippen molar-refractivity contribution in [2.45, 2.75) is 37.8 Å². The Labute approximate surface area is 104 Å². The van der Waals surface area contributed by atoms with E-state index in [1.54, 1.807) is 0 Å². The molecule has 0 heterocycles. The van der Waals surface area contributed by atoms with Crippen molar-refractivity contribution in [2.24, 2.45) is 0 Å². The van der Waals surface area contributed by atoms with E-state index in [9.17, 15) is 43.9 Å². The van der Waals surface area contributed by atoms with E-state index in [0.717, 1.165) is 6.92 Å². The molecule has 12 heteroatoms. The summed E-state index contributed by atoms with van der Waals surface area (Å²) in [5, 5.41) is 0. The second kappa shape index (κ2) is 6.06. The summed E-state index contributed by atoms with van der Waals surface area (Å²) in [4.78, 5) is 0. The lowest BCUT2D eigenvalue weighted by Crippen LogP contribution is -2.54. The molecule has 0 radical (unpaired) electrons. The van der Waals surface area contributed by atoms with Crippen LogP contribution in [-0.2, 0) is 9.47 Å². The summed E-state index contributed by atoms with van der Waals surface area (Å²) in [5.41, 5.74) is 0. The maximum Gasteiger partial charge on any atom is 0.462 e. The quantitative estimate of drug-likeness (QED) is 0.404. The van der Waals surface area contributed by atoms with E-state index < -0.39 is 43.0 Å². The third-order valence-electron chi connectivity index (χ3n) is 1.72. The highest BCUT2D eigenvalue weighted by Gasteiger charge is 2.75. The van der Waals surface area contributed by atoms with Gasteiger partial charge < -0.3 is 4.74 Å². The average molecular weight is 324 g/mol. The lowest BCUT2D eigenvalue weighted by atomic mass is 10.3. The lowest BCUT2D eigenvalue weighted by Gasteiger charge is -2.30. The van der Waals surface area contributed by atoms with Gasteiger partial charge in [-0.25, -0.2) is 0 Å². The maximum atomic E-state index is 12.7. The molecule has 0 amide bonds. The molecular formula is C8H6F10O2. The van der Waals surface area contributed by atoms with Gasteiger partial charge in [0.15, 0.2) is 0 Å². The summed E-state index contributed by atoms with van der Waals surface area (Å²) < 4.78 is 127. The SMILES string of the molecule is CCC(OC(F)=C(F)F)OC(F)(F)C(F)(F)C(F)(F)F. The average Bonchev–Trinajstić information content (AvgIpc) is 2.25. The van der Waals surface area contributed by atoms with Gasteiger partial charge >= 0.3 is 30.3 Å². The van der Waals surface area contributed by atoms with Crippen molar-refractivity contribution >= 4 is 0 Å². The fraction of sp³-hybridized carbons (Fsp3) is 0.750. The molecule has 2 nitrogen and oxygen atoms in total. The smallest absolute Gasteiger partial charge is 0.437 e. The summed E-state index contributed by atoms with van der Waals surface area (Å²) >= 11 is 0. The van der Waals surface area contributed by atoms with Crippen LogP contribution in [-0.4, -0.2) is 24.5 Å². The molecule has 20 heavy (non-hydrogen) atoms. The van der Waals surface area contributed by atoms with Gasteiger partial charge in [0, 0.05) is 6.42 Å². The standard InChI is InChI=1S/C8H6F10O2/c1-2-3(19-5(11)4(9)10)20-8(17,18)6(12,13)7(14,15)16/h3H,2H2,1H3. The van der Waals surface area contributed by atoms with E-state index >= 15 is 0 Å². The predicted molar refractivity (Wildman–Crippen MR) is 42.5 cm³/mol. The first-order valence-corrected chi connectivity index (χ1v) is 4.63. The van der Waals surface area contributed by atoms with Crippen molar-refractivity contribution in [1.82, 2.24) is 0 Å². The van der Waals surface area contributed by atoms with Crippen LogP contribution in [0.3, 0.4) is 0 Å². The van der Waals surface area contributed by atoms with Crippen molar-refractivity contribution in [3.05, 3.63) is 12.1 Å². The molecule has 0 aromatic heterocycles. The minimum Gasteiger partial charge on any atom is -0.437 e. The number of ether oxygens (including phenoxy) is 2. The van der Waals surface area contributed by atoms with Crippen molar-refractivity contribution in [3.63, 3.8) is 0 Å². The van der Waals surface area contributed by atoms with Gasteiger partial charge in [0.2, 0.25) is 6.29 Å². The molecular weight excluding hydrogens is 318 g/mol. The van der Waals surface area contributed by atoms with Gasteiger partial charge in [-0.1, -0.05) is 6.92 Å². The summed E-state index contributed by atoms with van der Waals surface area (Å²) in [6.45, 7) is 0.829. The van der Waals surface area contributed by atoms with E-state index in [-0.39, 0.29) is 0 Å². The Kier molecular flexibility index (Phi) is 5.69. The van der Waals surface area contributed by atoms with Crippen LogP contribution >= 0.6 is 0 Å². The van der Waals surface area contributed by atoms with Crippen molar-refractivity contribution in [1.29, 1.82) is 0 Å². The summed E-state index contributed by atoms with van der Waals surface area (Å²) in [5.74, 6) is -6.62. The number of halogens is 10. The molecule has 1 unspecified atom stereocenters. The number of hydrogen-bond acceptors (Lipinski definition) is 2. The zero-order valence-corrected chi connectivity index (χ0v) is 9.38. The molecule has 0 aliphatic rings. The highest BCUT2D eigenvalue weighted by molar-refractivity contribution is 4.86. The Morgan fingerprint density at radius 1 is 0.950 bits per heavy atom. The molecule has 0 aromatic carbocycles. The Bertz CT molecular complexity index is 357. The van der Waals surface area contributed by atoms with Gasteiger partial charge in [-0.3, -0.25) is 4.74 Å². The molecule has 0 bridgehead atoms. The fourth-order valence-corrected chi connectivity index (χ4v) is 0.755. The van der Waals surface area contributed by atoms with E-state index in [4.69, 9.17) is 0 Å². The molecule has 0 N–H and O–H groups in total. The molecule has 0 fully saturated rings. The fourth-order valence-electron chi connectivity index (χ4n) is 0.755. The number of alkyl halides is 7. The summed E-state index contributed by atoms with van der Waals surface area (Å²) in [7, 11) is 0. The Morgan fingerprint density at radius 2 is 1.40 bits per heavy atom. The Hall–Kier alpha value is -1.20. The number of hydrogen-bond donors (Lipinski definition) is 0. The summed E-state index contributed by atoms with van der Waals surface area (Å²) in [6, 6.07) is -2.73. The molecule has 0 aliphatic carbocycles. The first-order chi connectivity index (χ1) is 8.76. The molecule has 0 aliphatic heterocycles. The van der Waals surface area contributed by atoms with E-state index in [1.807, 2.05) is 0 Å². The monoisotopic (exact) mass is 324 g/mol. The van der Waals surface area contributed by atoms with Gasteiger partial charge in [-0.05, 0) is 0 Å². The van der Waals surface area contributed by atoms with E-state index in [1.165, 1.54) is 0 Å². The highest BCUT2D eigenvalue weighted by atomic mass is 19.4. The Balaban J connectivity index is 5.11. The molecule has 0 saturated carbocycles. The van der Waals surface area contributed by atoms with E-state index in [0.29, 0.717) is 0 Å². The largest absolute Gasteiger partial charge is 0.462 e. The molecule has 0 spiro atoms.